The van der Waals surface area contributed by atoms with Crippen molar-refractivity contribution in [2.24, 2.45) is 0 Å². The average molecular weight is 607 g/mol. The van der Waals surface area contributed by atoms with Crippen LogP contribution in [0.15, 0.2) is 173 Å². The monoisotopic (exact) mass is 606 g/mol. The van der Waals surface area contributed by atoms with Crippen LogP contribution in [-0.4, -0.2) is 0 Å². The topological polar surface area (TPSA) is 0 Å². The molecule has 0 N–H and O–H groups in total. The molecule has 2 aliphatic rings. The molecule has 0 aromatic heterocycles. The molecule has 7 aromatic carbocycles. The predicted octanol–water partition coefficient (Wildman–Crippen LogP) is 12.6. The van der Waals surface area contributed by atoms with E-state index in [9.17, 15) is 0 Å². The van der Waals surface area contributed by atoms with Crippen molar-refractivity contribution in [1.29, 1.82) is 0 Å². The third-order valence-corrected chi connectivity index (χ3v) is 13.2. The lowest BCUT2D eigenvalue weighted by molar-refractivity contribution is 1.16. The lowest BCUT2D eigenvalue weighted by Gasteiger charge is -2.22. The van der Waals surface area contributed by atoms with Crippen molar-refractivity contribution < 1.29 is 0 Å². The molecule has 2 heterocycles. The number of benzene rings is 7. The van der Waals surface area contributed by atoms with E-state index in [1.54, 1.807) is 0 Å². The minimum Gasteiger partial charge on any atom is -0.0877 e. The molecule has 0 radical (unpaired) electrons. The van der Waals surface area contributed by atoms with E-state index in [4.69, 9.17) is 0 Å². The maximum atomic E-state index is 2.44. The Balaban J connectivity index is 1.24. The molecule has 0 saturated carbocycles. The number of rotatable bonds is 2. The number of fused-ring (bicyclic) bond motifs is 6. The predicted molar refractivity (Wildman–Crippen MR) is 182 cm³/mol. The summed E-state index contributed by atoms with van der Waals surface area (Å²) >= 11 is 7.56. The fourth-order valence-electron chi connectivity index (χ4n) is 6.04. The summed E-state index contributed by atoms with van der Waals surface area (Å²) in [5.41, 5.74) is 5.20. The van der Waals surface area contributed by atoms with E-state index >= 15 is 0 Å². The summed E-state index contributed by atoms with van der Waals surface area (Å²) < 4.78 is 0. The smallest absolute Gasteiger partial charge is 0.0341 e. The molecule has 0 unspecified atom stereocenters. The second-order valence-corrected chi connectivity index (χ2v) is 14.7. The molecule has 0 saturated heterocycles. The first kappa shape index (κ1) is 25.0. The molecule has 2 aliphatic heterocycles. The van der Waals surface area contributed by atoms with Crippen LogP contribution in [0, 0.1) is 0 Å². The Hall–Kier alpha value is -3.54. The zero-order chi connectivity index (χ0) is 27.6. The first-order chi connectivity index (χ1) is 20.8. The maximum absolute atomic E-state index is 2.44. The van der Waals surface area contributed by atoms with Crippen LogP contribution in [0.4, 0.5) is 0 Å². The zero-order valence-corrected chi connectivity index (χ0v) is 25.6. The SMILES string of the molecule is c1ccc2c(c1)Sc1cccc(-c3cccc4cc5cccc(-c6cccc7c6Sc6ccccc6S7)c5cc34)c1S2. The minimum atomic E-state index is 1.28. The van der Waals surface area contributed by atoms with Gasteiger partial charge in [0, 0.05) is 39.2 Å². The highest BCUT2D eigenvalue weighted by atomic mass is 32.2. The first-order valence-corrected chi connectivity index (χ1v) is 17.2. The molecule has 9 rings (SSSR count). The van der Waals surface area contributed by atoms with Crippen LogP contribution in [0.25, 0.3) is 43.8 Å². The van der Waals surface area contributed by atoms with Crippen LogP contribution < -0.4 is 0 Å². The van der Waals surface area contributed by atoms with Crippen LogP contribution >= 0.6 is 47.0 Å². The van der Waals surface area contributed by atoms with E-state index < -0.39 is 0 Å². The van der Waals surface area contributed by atoms with Gasteiger partial charge in [-0.3, -0.25) is 0 Å². The Morgan fingerprint density at radius 2 is 0.667 bits per heavy atom. The summed E-state index contributed by atoms with van der Waals surface area (Å²) in [6.07, 6.45) is 0. The summed E-state index contributed by atoms with van der Waals surface area (Å²) in [5.74, 6) is 0. The Morgan fingerprint density at radius 1 is 0.286 bits per heavy atom. The highest BCUT2D eigenvalue weighted by Gasteiger charge is 2.23. The molecule has 198 valence electrons. The van der Waals surface area contributed by atoms with E-state index in [2.05, 4.69) is 133 Å². The minimum absolute atomic E-state index is 1.28. The lowest BCUT2D eigenvalue weighted by atomic mass is 9.92. The molecular weight excluding hydrogens is 585 g/mol. The van der Waals surface area contributed by atoms with Gasteiger partial charge in [0.2, 0.25) is 0 Å². The molecule has 0 nitrogen and oxygen atoms in total. The summed E-state index contributed by atoms with van der Waals surface area (Å²) in [5, 5.41) is 5.15. The van der Waals surface area contributed by atoms with Crippen molar-refractivity contribution in [2.75, 3.05) is 0 Å². The Labute approximate surface area is 262 Å². The fraction of sp³-hybridized carbons (Fsp3) is 0. The summed E-state index contributed by atoms with van der Waals surface area (Å²) in [6.45, 7) is 0. The molecule has 0 bridgehead atoms. The highest BCUT2D eigenvalue weighted by Crippen LogP contribution is 2.54. The van der Waals surface area contributed by atoms with Crippen LogP contribution in [0.1, 0.15) is 0 Å². The lowest BCUT2D eigenvalue weighted by Crippen LogP contribution is -1.94. The normalized spacial score (nSPS) is 13.3. The van der Waals surface area contributed by atoms with Crippen molar-refractivity contribution in [3.8, 4) is 22.3 Å². The van der Waals surface area contributed by atoms with Crippen molar-refractivity contribution >= 4 is 68.6 Å². The molecule has 4 heteroatoms. The van der Waals surface area contributed by atoms with E-state index in [1.165, 1.54) is 83.0 Å². The van der Waals surface area contributed by atoms with E-state index in [-0.39, 0.29) is 0 Å². The van der Waals surface area contributed by atoms with Gasteiger partial charge in [-0.05, 0) is 92.3 Å². The van der Waals surface area contributed by atoms with Gasteiger partial charge in [-0.1, -0.05) is 132 Å². The maximum Gasteiger partial charge on any atom is 0.0341 e. The molecular formula is C38H22S4. The van der Waals surface area contributed by atoms with Crippen LogP contribution in [0.5, 0.6) is 0 Å². The van der Waals surface area contributed by atoms with Crippen LogP contribution in [0.3, 0.4) is 0 Å². The fourth-order valence-corrected chi connectivity index (χ4v) is 10.8. The van der Waals surface area contributed by atoms with E-state index in [1.807, 2.05) is 47.0 Å². The van der Waals surface area contributed by atoms with Gasteiger partial charge in [0.15, 0.2) is 0 Å². The standard InChI is InChI=1S/C38H22S4/c1-3-17-33-31(15-1)39-35-19-7-13-27(37(35)41-33)25-11-5-9-23-21-24-10-6-12-26(30(24)22-29(23)25)28-14-8-20-36-38(28)42-34-18-4-2-16-32(34)40-36/h1-22H. The average Bonchev–Trinajstić information content (AvgIpc) is 3.04. The highest BCUT2D eigenvalue weighted by molar-refractivity contribution is 8.05. The second-order valence-electron chi connectivity index (χ2n) is 10.5. The van der Waals surface area contributed by atoms with Crippen LogP contribution in [-0.2, 0) is 0 Å². The van der Waals surface area contributed by atoms with Gasteiger partial charge in [-0.2, -0.15) is 0 Å². The van der Waals surface area contributed by atoms with Crippen molar-refractivity contribution in [3.63, 3.8) is 0 Å². The van der Waals surface area contributed by atoms with Gasteiger partial charge in [0.1, 0.15) is 0 Å². The van der Waals surface area contributed by atoms with Gasteiger partial charge < -0.3 is 0 Å². The number of hydrogen-bond donors (Lipinski definition) is 0. The Bertz CT molecular complexity index is 2060. The summed E-state index contributed by atoms with van der Waals surface area (Å²) in [6, 6.07) is 49.4. The molecule has 0 aliphatic carbocycles. The van der Waals surface area contributed by atoms with Crippen LogP contribution in [0.2, 0.25) is 0 Å². The van der Waals surface area contributed by atoms with Crippen molar-refractivity contribution in [3.05, 3.63) is 133 Å². The zero-order valence-electron chi connectivity index (χ0n) is 22.3. The van der Waals surface area contributed by atoms with Gasteiger partial charge in [-0.15, -0.1) is 0 Å². The van der Waals surface area contributed by atoms with E-state index in [0.29, 0.717) is 0 Å². The van der Waals surface area contributed by atoms with Gasteiger partial charge in [0.25, 0.3) is 0 Å². The molecule has 0 amide bonds. The first-order valence-electron chi connectivity index (χ1n) is 13.9. The van der Waals surface area contributed by atoms with Gasteiger partial charge in [0.05, 0.1) is 0 Å². The molecule has 7 aromatic rings. The van der Waals surface area contributed by atoms with E-state index in [0.717, 1.165) is 0 Å². The molecule has 0 atom stereocenters. The second kappa shape index (κ2) is 10.0. The Kier molecular flexibility index (Phi) is 5.97. The quantitative estimate of drug-likeness (QED) is 0.179. The Morgan fingerprint density at radius 3 is 1.14 bits per heavy atom. The van der Waals surface area contributed by atoms with Crippen molar-refractivity contribution in [2.45, 2.75) is 39.2 Å². The third-order valence-electron chi connectivity index (χ3n) is 7.98. The molecule has 42 heavy (non-hydrogen) atoms. The van der Waals surface area contributed by atoms with Crippen molar-refractivity contribution in [1.82, 2.24) is 0 Å². The van der Waals surface area contributed by atoms with Gasteiger partial charge in [-0.25, -0.2) is 0 Å². The molecule has 0 fully saturated rings. The molecule has 0 spiro atoms. The summed E-state index contributed by atoms with van der Waals surface area (Å²) in [4.78, 5) is 10.7. The summed E-state index contributed by atoms with van der Waals surface area (Å²) in [7, 11) is 0. The largest absolute Gasteiger partial charge is 0.0877 e. The van der Waals surface area contributed by atoms with Gasteiger partial charge >= 0.3 is 0 Å². The third kappa shape index (κ3) is 4.05. The number of hydrogen-bond acceptors (Lipinski definition) is 4.